The maximum absolute atomic E-state index is 12.2. The summed E-state index contributed by atoms with van der Waals surface area (Å²) in [7, 11) is 1.46. The minimum Gasteiger partial charge on any atom is -0.484 e. The Labute approximate surface area is 137 Å². The van der Waals surface area contributed by atoms with Crippen molar-refractivity contribution >= 4 is 27.8 Å². The Bertz CT molecular complexity index is 565. The van der Waals surface area contributed by atoms with Gasteiger partial charge in [0.15, 0.2) is 6.61 Å². The van der Waals surface area contributed by atoms with Crippen molar-refractivity contribution < 1.29 is 24.2 Å². The zero-order valence-electron chi connectivity index (χ0n) is 12.3. The van der Waals surface area contributed by atoms with E-state index >= 15 is 0 Å². The first-order chi connectivity index (χ1) is 10.5. The Morgan fingerprint density at radius 2 is 2.23 bits per heavy atom. The van der Waals surface area contributed by atoms with E-state index in [0.29, 0.717) is 18.7 Å². The molecule has 7 heteroatoms. The summed E-state index contributed by atoms with van der Waals surface area (Å²) in [6, 6.07) is 7.20. The van der Waals surface area contributed by atoms with E-state index in [1.807, 2.05) is 12.1 Å². The molecule has 1 aliphatic rings. The molecular weight excluding hydrogens is 354 g/mol. The van der Waals surface area contributed by atoms with Crippen LogP contribution in [0.5, 0.6) is 5.75 Å². The Morgan fingerprint density at radius 3 is 2.86 bits per heavy atom. The molecule has 1 aromatic rings. The first-order valence-electron chi connectivity index (χ1n) is 6.85. The van der Waals surface area contributed by atoms with Crippen molar-refractivity contribution in [3.63, 3.8) is 0 Å². The van der Waals surface area contributed by atoms with Crippen LogP contribution in [0.4, 0.5) is 0 Å². The number of methoxy groups -OCH3 is 1. The van der Waals surface area contributed by atoms with E-state index in [-0.39, 0.29) is 25.7 Å². The zero-order valence-corrected chi connectivity index (χ0v) is 13.8. The third-order valence-electron chi connectivity index (χ3n) is 3.74. The van der Waals surface area contributed by atoms with Gasteiger partial charge in [-0.15, -0.1) is 0 Å². The van der Waals surface area contributed by atoms with Gasteiger partial charge in [0.05, 0.1) is 6.61 Å². The highest BCUT2D eigenvalue weighted by Gasteiger charge is 2.46. The summed E-state index contributed by atoms with van der Waals surface area (Å²) in [5, 5.41) is 9.38. The molecule has 1 fully saturated rings. The van der Waals surface area contributed by atoms with E-state index in [4.69, 9.17) is 9.47 Å². The maximum atomic E-state index is 12.2. The fourth-order valence-electron chi connectivity index (χ4n) is 2.51. The number of nitrogens with zero attached hydrogens (tertiary/aromatic N) is 1. The lowest BCUT2D eigenvalue weighted by molar-refractivity contribution is -0.151. The normalized spacial score (nSPS) is 20.9. The van der Waals surface area contributed by atoms with E-state index in [9.17, 15) is 14.7 Å². The topological polar surface area (TPSA) is 76.1 Å². The minimum absolute atomic E-state index is 0.0958. The summed E-state index contributed by atoms with van der Waals surface area (Å²) < 4.78 is 11.3. The molecular formula is C15H18BrNO5. The summed E-state index contributed by atoms with van der Waals surface area (Å²) >= 11 is 3.33. The van der Waals surface area contributed by atoms with Crippen LogP contribution in [0.1, 0.15) is 6.42 Å². The Hall–Kier alpha value is -1.60. The highest BCUT2D eigenvalue weighted by molar-refractivity contribution is 9.10. The number of benzene rings is 1. The molecule has 0 bridgehead atoms. The van der Waals surface area contributed by atoms with Crippen molar-refractivity contribution in [2.24, 2.45) is 5.41 Å². The molecule has 2 rings (SSSR count). The SMILES string of the molecule is COCC1(C(=O)O)CCN(C(=O)COc2cccc(Br)c2)C1. The summed E-state index contributed by atoms with van der Waals surface area (Å²) in [4.78, 5) is 25.1. The molecule has 6 nitrogen and oxygen atoms in total. The van der Waals surface area contributed by atoms with Crippen LogP contribution >= 0.6 is 15.9 Å². The molecule has 0 saturated carbocycles. The summed E-state index contributed by atoms with van der Waals surface area (Å²) in [5.41, 5.74) is -1.01. The fraction of sp³-hybridized carbons (Fsp3) is 0.467. The number of likely N-dealkylation sites (tertiary alicyclic amines) is 1. The van der Waals surface area contributed by atoms with Crippen LogP contribution in [0.25, 0.3) is 0 Å². The van der Waals surface area contributed by atoms with Gasteiger partial charge in [0.1, 0.15) is 11.2 Å². The number of halogens is 1. The standard InChI is InChI=1S/C15H18BrNO5/c1-21-10-15(14(19)20)5-6-17(9-15)13(18)8-22-12-4-2-3-11(16)7-12/h2-4,7H,5-6,8-10H2,1H3,(H,19,20). The predicted octanol–water partition coefficient (Wildman–Crippen LogP) is 1.78. The van der Waals surface area contributed by atoms with Gasteiger partial charge < -0.3 is 19.5 Å². The smallest absolute Gasteiger partial charge is 0.313 e. The number of ether oxygens (including phenoxy) is 2. The monoisotopic (exact) mass is 371 g/mol. The first-order valence-corrected chi connectivity index (χ1v) is 7.65. The molecule has 1 atom stereocenters. The van der Waals surface area contributed by atoms with Crippen LogP contribution in [-0.2, 0) is 14.3 Å². The van der Waals surface area contributed by atoms with E-state index in [2.05, 4.69) is 15.9 Å². The lowest BCUT2D eigenvalue weighted by Gasteiger charge is -2.23. The third-order valence-corrected chi connectivity index (χ3v) is 4.23. The summed E-state index contributed by atoms with van der Waals surface area (Å²) in [6.07, 6.45) is 0.388. The van der Waals surface area contributed by atoms with E-state index in [0.717, 1.165) is 4.47 Å². The molecule has 0 radical (unpaired) electrons. The second-order valence-corrected chi connectivity index (χ2v) is 6.25. The van der Waals surface area contributed by atoms with Crippen LogP contribution in [0, 0.1) is 5.41 Å². The van der Waals surface area contributed by atoms with Crippen LogP contribution < -0.4 is 4.74 Å². The Balaban J connectivity index is 1.92. The van der Waals surface area contributed by atoms with Crippen molar-refractivity contribution in [1.29, 1.82) is 0 Å². The first kappa shape index (κ1) is 16.8. The van der Waals surface area contributed by atoms with Crippen molar-refractivity contribution in [2.45, 2.75) is 6.42 Å². The van der Waals surface area contributed by atoms with Crippen LogP contribution in [-0.4, -0.2) is 55.3 Å². The number of carboxylic acid groups (broad SMARTS) is 1. The number of carboxylic acids is 1. The number of hydrogen-bond donors (Lipinski definition) is 1. The van der Waals surface area contributed by atoms with Gasteiger partial charge in [-0.2, -0.15) is 0 Å². The lowest BCUT2D eigenvalue weighted by Crippen LogP contribution is -2.41. The van der Waals surface area contributed by atoms with Gasteiger partial charge in [0.25, 0.3) is 5.91 Å². The molecule has 0 aromatic heterocycles. The minimum atomic E-state index is -1.01. The van der Waals surface area contributed by atoms with E-state index in [1.54, 1.807) is 12.1 Å². The molecule has 1 aliphatic heterocycles. The Morgan fingerprint density at radius 1 is 1.45 bits per heavy atom. The molecule has 1 aromatic carbocycles. The molecule has 1 heterocycles. The number of rotatable bonds is 6. The number of carbonyl (C=O) groups excluding carboxylic acids is 1. The quantitative estimate of drug-likeness (QED) is 0.824. The Kier molecular flexibility index (Phi) is 5.42. The number of carbonyl (C=O) groups is 2. The highest BCUT2D eigenvalue weighted by Crippen LogP contribution is 2.31. The van der Waals surface area contributed by atoms with Crippen LogP contribution in [0.2, 0.25) is 0 Å². The maximum Gasteiger partial charge on any atom is 0.313 e. The molecule has 0 aliphatic carbocycles. The molecule has 1 N–H and O–H groups in total. The second-order valence-electron chi connectivity index (χ2n) is 5.33. The second kappa shape index (κ2) is 7.11. The van der Waals surface area contributed by atoms with Gasteiger partial charge in [-0.25, -0.2) is 0 Å². The molecule has 0 spiro atoms. The van der Waals surface area contributed by atoms with E-state index < -0.39 is 11.4 Å². The van der Waals surface area contributed by atoms with Gasteiger partial charge in [0, 0.05) is 24.7 Å². The average molecular weight is 372 g/mol. The molecule has 1 amide bonds. The van der Waals surface area contributed by atoms with Crippen LogP contribution in [0.15, 0.2) is 28.7 Å². The van der Waals surface area contributed by atoms with Gasteiger partial charge in [-0.05, 0) is 24.6 Å². The van der Waals surface area contributed by atoms with Crippen molar-refractivity contribution in [1.82, 2.24) is 4.90 Å². The number of aliphatic carboxylic acids is 1. The highest BCUT2D eigenvalue weighted by atomic mass is 79.9. The van der Waals surface area contributed by atoms with E-state index in [1.165, 1.54) is 12.0 Å². The molecule has 120 valence electrons. The lowest BCUT2D eigenvalue weighted by atomic mass is 9.88. The number of amides is 1. The van der Waals surface area contributed by atoms with Gasteiger partial charge >= 0.3 is 5.97 Å². The summed E-state index contributed by atoms with van der Waals surface area (Å²) in [6.45, 7) is 0.533. The number of hydrogen-bond acceptors (Lipinski definition) is 4. The largest absolute Gasteiger partial charge is 0.484 e. The van der Waals surface area contributed by atoms with Crippen LogP contribution in [0.3, 0.4) is 0 Å². The molecule has 1 unspecified atom stereocenters. The van der Waals surface area contributed by atoms with Gasteiger partial charge in [-0.3, -0.25) is 9.59 Å². The third kappa shape index (κ3) is 3.78. The fourth-order valence-corrected chi connectivity index (χ4v) is 2.89. The molecule has 22 heavy (non-hydrogen) atoms. The van der Waals surface area contributed by atoms with Crippen molar-refractivity contribution in [3.8, 4) is 5.75 Å². The predicted molar refractivity (Wildman–Crippen MR) is 82.8 cm³/mol. The van der Waals surface area contributed by atoms with Gasteiger partial charge in [0.2, 0.25) is 0 Å². The zero-order chi connectivity index (χ0) is 16.2. The average Bonchev–Trinajstić information content (AvgIpc) is 2.91. The van der Waals surface area contributed by atoms with Gasteiger partial charge in [-0.1, -0.05) is 22.0 Å². The molecule has 1 saturated heterocycles. The summed E-state index contributed by atoms with van der Waals surface area (Å²) in [5.74, 6) is -0.569. The van der Waals surface area contributed by atoms with Crippen molar-refractivity contribution in [2.75, 3.05) is 33.4 Å². The van der Waals surface area contributed by atoms with Crippen molar-refractivity contribution in [3.05, 3.63) is 28.7 Å².